The molecule has 8 atom stereocenters. The third kappa shape index (κ3) is 8.49. The molecule has 0 N–H and O–H groups in total. The lowest BCUT2D eigenvalue weighted by Gasteiger charge is -2.33. The Balaban J connectivity index is 1.21. The van der Waals surface area contributed by atoms with Crippen LogP contribution in [-0.4, -0.2) is 36.3 Å². The third-order valence-corrected chi connectivity index (χ3v) is 15.0. The molecule has 6 heteroatoms. The van der Waals surface area contributed by atoms with Crippen LogP contribution in [0.25, 0.3) is 16.3 Å². The second-order valence-corrected chi connectivity index (χ2v) is 20.7. The summed E-state index contributed by atoms with van der Waals surface area (Å²) in [5.74, 6) is 3.06. The molecule has 308 valence electrons. The molecule has 2 aromatic rings. The number of benzene rings is 2. The summed E-state index contributed by atoms with van der Waals surface area (Å²) in [4.78, 5) is 56.3. The number of ether oxygens (including phenoxy) is 2. The monoisotopic (exact) mass is 777 g/mol. The van der Waals surface area contributed by atoms with Crippen molar-refractivity contribution in [3.8, 4) is 11.5 Å². The molecule has 8 unspecified atom stereocenters. The van der Waals surface area contributed by atoms with Crippen LogP contribution in [0.1, 0.15) is 144 Å². The van der Waals surface area contributed by atoms with Crippen molar-refractivity contribution >= 4 is 39.5 Å². The Morgan fingerprint density at radius 1 is 0.912 bits per heavy atom. The molecule has 2 aromatic carbocycles. The van der Waals surface area contributed by atoms with E-state index in [9.17, 15) is 14.4 Å². The van der Waals surface area contributed by atoms with E-state index in [1.165, 1.54) is 23.1 Å². The average molecular weight is 777 g/mol. The lowest BCUT2D eigenvalue weighted by Crippen LogP contribution is -2.38. The maximum Gasteiger partial charge on any atom is 0.140 e. The highest BCUT2D eigenvalue weighted by Gasteiger charge is 2.59. The Morgan fingerprint density at radius 2 is 1.61 bits per heavy atom. The first-order valence-electron chi connectivity index (χ1n) is 22.2. The van der Waals surface area contributed by atoms with Crippen molar-refractivity contribution in [2.45, 2.75) is 145 Å². The number of aryl methyl sites for hydroxylation is 1. The van der Waals surface area contributed by atoms with Gasteiger partial charge in [0, 0.05) is 47.8 Å². The van der Waals surface area contributed by atoms with Gasteiger partial charge in [-0.3, -0.25) is 19.2 Å². The van der Waals surface area contributed by atoms with Crippen molar-refractivity contribution < 1.29 is 28.7 Å². The summed E-state index contributed by atoms with van der Waals surface area (Å²) in [6.07, 6.45) is 11.0. The second-order valence-electron chi connectivity index (χ2n) is 20.7. The number of rotatable bonds is 17. The van der Waals surface area contributed by atoms with E-state index in [2.05, 4.69) is 79.7 Å². The lowest BCUT2D eigenvalue weighted by molar-refractivity contribution is -0.139. The van der Waals surface area contributed by atoms with Crippen molar-refractivity contribution in [1.29, 1.82) is 0 Å². The van der Waals surface area contributed by atoms with Crippen LogP contribution >= 0.6 is 0 Å². The number of hydrogen-bond donors (Lipinski definition) is 0. The molecule has 0 aromatic heterocycles. The fourth-order valence-electron chi connectivity index (χ4n) is 11.6. The Morgan fingerprint density at radius 3 is 2.23 bits per heavy atom. The number of ketones is 4. The topological polar surface area (TPSA) is 86.7 Å². The van der Waals surface area contributed by atoms with Crippen LogP contribution in [0.5, 0.6) is 11.5 Å². The van der Waals surface area contributed by atoms with Crippen LogP contribution in [0.3, 0.4) is 0 Å². The van der Waals surface area contributed by atoms with Gasteiger partial charge >= 0.3 is 0 Å². The summed E-state index contributed by atoms with van der Waals surface area (Å²) < 4.78 is 12.8. The molecule has 0 radical (unpaired) electrons. The van der Waals surface area contributed by atoms with E-state index in [1.54, 1.807) is 14.0 Å². The molecule has 0 amide bonds. The molecule has 7 rings (SSSR count). The number of methoxy groups -OCH3 is 1. The van der Waals surface area contributed by atoms with Crippen molar-refractivity contribution in [3.05, 3.63) is 52.6 Å². The fourth-order valence-corrected chi connectivity index (χ4v) is 11.6. The van der Waals surface area contributed by atoms with Gasteiger partial charge in [0.05, 0.1) is 7.11 Å². The van der Waals surface area contributed by atoms with Crippen LogP contribution in [-0.2, 0) is 19.2 Å². The van der Waals surface area contributed by atoms with Gasteiger partial charge in [0.1, 0.15) is 40.7 Å². The van der Waals surface area contributed by atoms with Gasteiger partial charge < -0.3 is 9.47 Å². The predicted octanol–water partition coefficient (Wildman–Crippen LogP) is 11.7. The van der Waals surface area contributed by atoms with Crippen molar-refractivity contribution in [1.82, 2.24) is 0 Å². The summed E-state index contributed by atoms with van der Waals surface area (Å²) in [5, 5.41) is 2.03. The highest BCUT2D eigenvalue weighted by molar-refractivity contribution is 5.99. The van der Waals surface area contributed by atoms with Gasteiger partial charge in [-0.25, -0.2) is 0 Å². The maximum atomic E-state index is 15.0. The van der Waals surface area contributed by atoms with Gasteiger partial charge in [0.25, 0.3) is 0 Å². The SMILES string of the molecule is CCC1CC1(CC(=O)C1CC(Oc2cc(C3=C(C)CC(CC(C)C)=C3)cc3c(C)c(OC)ccc23)CC1C(=O)C(CC(=O)CC1CC2CC2C1)C(C)(C)C)C(C)=O. The molecule has 4 saturated carbocycles. The standard InChI is InChI=1S/C51H68O6/c1-11-37-26-51(37,31(6)52)27-46(54)43-24-39(25-44(43)49(55)45(50(7,8)9)23-38(53)18-33-16-34-20-35(34)17-33)57-48-22-36(41-19-32(14-28(2)3)15-29(41)4)21-42-30(5)47(56-10)13-12-40(42)48/h12-13,19,21-22,28,33-35,37,39,43-45H,11,14-18,20,23-27H2,1-10H3. The first kappa shape index (κ1) is 41.6. The molecule has 0 saturated heterocycles. The molecule has 5 aliphatic carbocycles. The average Bonchev–Trinajstić information content (AvgIpc) is 3.86. The smallest absolute Gasteiger partial charge is 0.140 e. The van der Waals surface area contributed by atoms with Crippen LogP contribution in [0.4, 0.5) is 0 Å². The van der Waals surface area contributed by atoms with Crippen LogP contribution in [0, 0.1) is 65.1 Å². The Labute approximate surface area is 342 Å². The minimum atomic E-state index is -0.615. The number of hydrogen-bond acceptors (Lipinski definition) is 6. The summed E-state index contributed by atoms with van der Waals surface area (Å²) >= 11 is 0. The van der Waals surface area contributed by atoms with Gasteiger partial charge in [0.2, 0.25) is 0 Å². The minimum absolute atomic E-state index is 0.00325. The minimum Gasteiger partial charge on any atom is -0.496 e. The Hall–Kier alpha value is -3.54. The molecular formula is C51H68O6. The molecule has 0 heterocycles. The Bertz CT molecular complexity index is 2000. The summed E-state index contributed by atoms with van der Waals surface area (Å²) in [6.45, 7) is 18.7. The molecule has 4 fully saturated rings. The molecule has 6 nitrogen and oxygen atoms in total. The molecule has 0 spiro atoms. The fraction of sp³-hybridized carbons (Fsp3) is 0.647. The van der Waals surface area contributed by atoms with Gasteiger partial charge in [0.15, 0.2) is 0 Å². The van der Waals surface area contributed by atoms with Crippen LogP contribution in [0.2, 0.25) is 0 Å². The zero-order valence-corrected chi connectivity index (χ0v) is 36.5. The highest BCUT2D eigenvalue weighted by Crippen LogP contribution is 2.59. The molecular weight excluding hydrogens is 709 g/mol. The first-order valence-corrected chi connectivity index (χ1v) is 22.2. The summed E-state index contributed by atoms with van der Waals surface area (Å²) in [5.41, 5.74) is 5.07. The summed E-state index contributed by atoms with van der Waals surface area (Å²) in [6, 6.07) is 8.44. The van der Waals surface area contributed by atoms with Crippen LogP contribution in [0.15, 0.2) is 41.5 Å². The molecule has 5 aliphatic rings. The first-order chi connectivity index (χ1) is 26.9. The van der Waals surface area contributed by atoms with Gasteiger partial charge in [-0.1, -0.05) is 65.2 Å². The van der Waals surface area contributed by atoms with Gasteiger partial charge in [-0.05, 0) is 153 Å². The zero-order chi connectivity index (χ0) is 41.1. The summed E-state index contributed by atoms with van der Waals surface area (Å²) in [7, 11) is 1.70. The predicted molar refractivity (Wildman–Crippen MR) is 228 cm³/mol. The highest BCUT2D eigenvalue weighted by atomic mass is 16.5. The van der Waals surface area contributed by atoms with Gasteiger partial charge in [-0.2, -0.15) is 0 Å². The van der Waals surface area contributed by atoms with Gasteiger partial charge in [-0.15, -0.1) is 0 Å². The second kappa shape index (κ2) is 15.9. The van der Waals surface area contributed by atoms with E-state index in [1.807, 2.05) is 6.07 Å². The molecule has 57 heavy (non-hydrogen) atoms. The van der Waals surface area contributed by atoms with E-state index in [0.29, 0.717) is 31.1 Å². The van der Waals surface area contributed by atoms with E-state index < -0.39 is 28.6 Å². The van der Waals surface area contributed by atoms with E-state index in [0.717, 1.165) is 83.8 Å². The van der Waals surface area contributed by atoms with Crippen molar-refractivity contribution in [2.75, 3.05) is 7.11 Å². The van der Waals surface area contributed by atoms with E-state index in [4.69, 9.17) is 9.47 Å². The molecule has 0 aliphatic heterocycles. The van der Waals surface area contributed by atoms with Crippen molar-refractivity contribution in [3.63, 3.8) is 0 Å². The number of fused-ring (bicyclic) bond motifs is 2. The third-order valence-electron chi connectivity index (χ3n) is 15.0. The quantitative estimate of drug-likeness (QED) is 0.159. The molecule has 0 bridgehead atoms. The number of carbonyl (C=O) groups is 4. The number of allylic oxidation sites excluding steroid dienone is 4. The normalized spacial score (nSPS) is 29.7. The van der Waals surface area contributed by atoms with Crippen LogP contribution < -0.4 is 9.47 Å². The van der Waals surface area contributed by atoms with E-state index in [-0.39, 0.29) is 48.0 Å². The Kier molecular flexibility index (Phi) is 11.6. The number of carbonyl (C=O) groups excluding carboxylic acids is 4. The van der Waals surface area contributed by atoms with E-state index >= 15 is 4.79 Å². The number of Topliss-reactive ketones (excluding diaryl/α,β-unsaturated/α-hetero) is 4. The zero-order valence-electron chi connectivity index (χ0n) is 36.5. The maximum absolute atomic E-state index is 15.0. The lowest BCUT2D eigenvalue weighted by atomic mass is 9.69. The largest absolute Gasteiger partial charge is 0.496 e. The van der Waals surface area contributed by atoms with Crippen molar-refractivity contribution in [2.24, 2.45) is 58.2 Å².